The molecule has 1 aromatic carbocycles. The predicted octanol–water partition coefficient (Wildman–Crippen LogP) is 0.754. The van der Waals surface area contributed by atoms with Gasteiger partial charge in [0.25, 0.3) is 0 Å². The molecule has 8 nitrogen and oxygen atoms in total. The van der Waals surface area contributed by atoms with E-state index in [1.54, 1.807) is 4.90 Å². The summed E-state index contributed by atoms with van der Waals surface area (Å²) in [5.74, 6) is -0.339. The van der Waals surface area contributed by atoms with E-state index in [9.17, 15) is 18.0 Å². The van der Waals surface area contributed by atoms with Gasteiger partial charge in [-0.2, -0.15) is 4.31 Å². The molecule has 134 valence electrons. The van der Waals surface area contributed by atoms with Crippen LogP contribution in [0, 0.1) is 5.92 Å². The Morgan fingerprint density at radius 2 is 1.88 bits per heavy atom. The fraction of sp³-hybridized carbons (Fsp3) is 0.500. The molecular formula is C16H19N3O5S. The number of hydrogen-bond donors (Lipinski definition) is 1. The number of carbonyl (C=O) groups excluding carboxylic acids is 1. The van der Waals surface area contributed by atoms with Crippen LogP contribution in [0.3, 0.4) is 0 Å². The first-order valence-electron chi connectivity index (χ1n) is 8.37. The van der Waals surface area contributed by atoms with Gasteiger partial charge < -0.3 is 9.32 Å². The van der Waals surface area contributed by atoms with Crippen molar-refractivity contribution in [1.29, 1.82) is 0 Å². The summed E-state index contributed by atoms with van der Waals surface area (Å²) in [5.41, 5.74) is 0.671. The molecule has 2 aliphatic rings. The number of hydrogen-bond acceptors (Lipinski definition) is 5. The zero-order valence-corrected chi connectivity index (χ0v) is 14.4. The second-order valence-corrected chi connectivity index (χ2v) is 8.47. The van der Waals surface area contributed by atoms with E-state index in [1.807, 2.05) is 0 Å². The Labute approximate surface area is 144 Å². The van der Waals surface area contributed by atoms with Gasteiger partial charge >= 0.3 is 5.76 Å². The van der Waals surface area contributed by atoms with E-state index in [0.29, 0.717) is 18.6 Å². The van der Waals surface area contributed by atoms with E-state index in [-0.39, 0.29) is 35.4 Å². The number of H-pyrrole nitrogens is 1. The first-order valence-corrected chi connectivity index (χ1v) is 9.81. The number of benzene rings is 1. The zero-order chi connectivity index (χ0) is 17.6. The molecule has 25 heavy (non-hydrogen) atoms. The predicted molar refractivity (Wildman–Crippen MR) is 89.5 cm³/mol. The molecule has 4 rings (SSSR count). The topological polar surface area (TPSA) is 104 Å². The molecule has 0 unspecified atom stereocenters. The average molecular weight is 365 g/mol. The normalized spacial score (nSPS) is 19.9. The molecule has 0 radical (unpaired) electrons. The van der Waals surface area contributed by atoms with Gasteiger partial charge in [0, 0.05) is 38.2 Å². The minimum Gasteiger partial charge on any atom is -0.408 e. The van der Waals surface area contributed by atoms with Gasteiger partial charge in [-0.25, -0.2) is 13.2 Å². The standard InChI is InChI=1S/C16H19N3O5S/c20-15(11-2-1-3-11)18-6-8-19(9-7-18)25(22,23)12-4-5-13-14(10-12)24-16(21)17-13/h4-5,10-11H,1-3,6-9H2,(H,17,21). The lowest BCUT2D eigenvalue weighted by Gasteiger charge is -2.37. The highest BCUT2D eigenvalue weighted by Crippen LogP contribution is 2.29. The summed E-state index contributed by atoms with van der Waals surface area (Å²) in [7, 11) is -3.69. The SMILES string of the molecule is O=C(C1CCC1)N1CCN(S(=O)(=O)c2ccc3[nH]c(=O)oc3c2)CC1. The fourth-order valence-electron chi connectivity index (χ4n) is 3.30. The molecule has 2 heterocycles. The Morgan fingerprint density at radius 1 is 1.16 bits per heavy atom. The van der Waals surface area contributed by atoms with Crippen molar-refractivity contribution in [3.8, 4) is 0 Å². The van der Waals surface area contributed by atoms with Crippen LogP contribution in [0.1, 0.15) is 19.3 Å². The molecule has 1 aliphatic heterocycles. The van der Waals surface area contributed by atoms with Crippen LogP contribution >= 0.6 is 0 Å². The maximum absolute atomic E-state index is 12.8. The number of carbonyl (C=O) groups is 1. The molecule has 0 bridgehead atoms. The third-order valence-electron chi connectivity index (χ3n) is 5.03. The smallest absolute Gasteiger partial charge is 0.408 e. The molecule has 1 saturated heterocycles. The molecule has 1 saturated carbocycles. The van der Waals surface area contributed by atoms with Gasteiger partial charge in [-0.15, -0.1) is 0 Å². The fourth-order valence-corrected chi connectivity index (χ4v) is 4.74. The van der Waals surface area contributed by atoms with Crippen molar-refractivity contribution in [3.63, 3.8) is 0 Å². The third kappa shape index (κ3) is 2.87. The van der Waals surface area contributed by atoms with Crippen LogP contribution in [0.25, 0.3) is 11.1 Å². The third-order valence-corrected chi connectivity index (χ3v) is 6.93. The van der Waals surface area contributed by atoms with Crippen LogP contribution < -0.4 is 5.76 Å². The van der Waals surface area contributed by atoms with Crippen molar-refractivity contribution in [2.75, 3.05) is 26.2 Å². The van der Waals surface area contributed by atoms with Crippen molar-refractivity contribution in [3.05, 3.63) is 28.7 Å². The summed E-state index contributed by atoms with van der Waals surface area (Å²) < 4.78 is 31.9. The summed E-state index contributed by atoms with van der Waals surface area (Å²) >= 11 is 0. The number of rotatable bonds is 3. The highest BCUT2D eigenvalue weighted by Gasteiger charge is 2.34. The lowest BCUT2D eigenvalue weighted by molar-refractivity contribution is -0.139. The van der Waals surface area contributed by atoms with Crippen LogP contribution in [-0.2, 0) is 14.8 Å². The molecular weight excluding hydrogens is 346 g/mol. The van der Waals surface area contributed by atoms with E-state index in [0.717, 1.165) is 19.3 Å². The number of fused-ring (bicyclic) bond motifs is 1. The lowest BCUT2D eigenvalue weighted by Crippen LogP contribution is -2.52. The van der Waals surface area contributed by atoms with Gasteiger partial charge in [-0.05, 0) is 25.0 Å². The van der Waals surface area contributed by atoms with Crippen molar-refractivity contribution < 1.29 is 17.6 Å². The number of aromatic nitrogens is 1. The number of nitrogens with zero attached hydrogens (tertiary/aromatic N) is 2. The highest BCUT2D eigenvalue weighted by molar-refractivity contribution is 7.89. The first kappa shape index (κ1) is 16.3. The summed E-state index contributed by atoms with van der Waals surface area (Å²) in [6, 6.07) is 4.33. The van der Waals surface area contributed by atoms with Crippen LogP contribution in [0.5, 0.6) is 0 Å². The Hall–Kier alpha value is -2.13. The van der Waals surface area contributed by atoms with Gasteiger partial charge in [-0.1, -0.05) is 6.42 Å². The maximum atomic E-state index is 12.8. The molecule has 2 aromatic rings. The Morgan fingerprint density at radius 3 is 2.52 bits per heavy atom. The lowest BCUT2D eigenvalue weighted by atomic mass is 9.84. The number of aromatic amines is 1. The Bertz CT molecular complexity index is 965. The summed E-state index contributed by atoms with van der Waals surface area (Å²) in [4.78, 5) is 27.8. The first-order chi connectivity index (χ1) is 11.9. The minimum atomic E-state index is -3.69. The van der Waals surface area contributed by atoms with Gasteiger partial charge in [-0.3, -0.25) is 9.78 Å². The molecule has 2 fully saturated rings. The largest absolute Gasteiger partial charge is 0.417 e. The van der Waals surface area contributed by atoms with E-state index >= 15 is 0 Å². The Balaban J connectivity index is 1.50. The zero-order valence-electron chi connectivity index (χ0n) is 13.6. The van der Waals surface area contributed by atoms with Crippen LogP contribution in [0.4, 0.5) is 0 Å². The van der Waals surface area contributed by atoms with Crippen LogP contribution in [-0.4, -0.2) is 54.7 Å². The summed E-state index contributed by atoms with van der Waals surface area (Å²) in [6.07, 6.45) is 2.99. The number of nitrogens with one attached hydrogen (secondary N) is 1. The highest BCUT2D eigenvalue weighted by atomic mass is 32.2. The molecule has 1 amide bonds. The second kappa shape index (κ2) is 5.99. The van der Waals surface area contributed by atoms with E-state index in [4.69, 9.17) is 4.42 Å². The second-order valence-electron chi connectivity index (χ2n) is 6.53. The average Bonchev–Trinajstić information content (AvgIpc) is 2.92. The molecule has 1 aromatic heterocycles. The number of piperazine rings is 1. The van der Waals surface area contributed by atoms with Crippen LogP contribution in [0.15, 0.2) is 32.3 Å². The van der Waals surface area contributed by atoms with Crippen molar-refractivity contribution >= 4 is 27.0 Å². The van der Waals surface area contributed by atoms with E-state index in [1.165, 1.54) is 22.5 Å². The number of amides is 1. The molecule has 0 spiro atoms. The van der Waals surface area contributed by atoms with Crippen molar-refractivity contribution in [1.82, 2.24) is 14.2 Å². The van der Waals surface area contributed by atoms with Gasteiger partial charge in [0.1, 0.15) is 0 Å². The summed E-state index contributed by atoms with van der Waals surface area (Å²) in [5, 5.41) is 0. The number of oxazole rings is 1. The van der Waals surface area contributed by atoms with E-state index in [2.05, 4.69) is 4.98 Å². The Kier molecular flexibility index (Phi) is 3.92. The van der Waals surface area contributed by atoms with Crippen molar-refractivity contribution in [2.24, 2.45) is 5.92 Å². The van der Waals surface area contributed by atoms with Crippen LogP contribution in [0.2, 0.25) is 0 Å². The van der Waals surface area contributed by atoms with Gasteiger partial charge in [0.15, 0.2) is 5.58 Å². The summed E-state index contributed by atoms with van der Waals surface area (Å²) in [6.45, 7) is 1.37. The van der Waals surface area contributed by atoms with Gasteiger partial charge in [0.2, 0.25) is 15.9 Å². The van der Waals surface area contributed by atoms with Crippen molar-refractivity contribution in [2.45, 2.75) is 24.2 Å². The number of sulfonamides is 1. The minimum absolute atomic E-state index is 0.0847. The molecule has 0 atom stereocenters. The monoisotopic (exact) mass is 365 g/mol. The van der Waals surface area contributed by atoms with Gasteiger partial charge in [0.05, 0.1) is 10.4 Å². The molecule has 1 N–H and O–H groups in total. The molecule has 1 aliphatic carbocycles. The quantitative estimate of drug-likeness (QED) is 0.865. The maximum Gasteiger partial charge on any atom is 0.417 e. The molecule has 9 heteroatoms. The van der Waals surface area contributed by atoms with E-state index < -0.39 is 15.8 Å².